The van der Waals surface area contributed by atoms with Crippen molar-refractivity contribution in [2.45, 2.75) is 33.6 Å². The smallest absolute Gasteiger partial charge is 0.228 e. The Morgan fingerprint density at radius 1 is 0.950 bits per heavy atom. The number of anilines is 1. The Hall–Kier alpha value is -2.09. The van der Waals surface area contributed by atoms with Gasteiger partial charge in [-0.25, -0.2) is 0 Å². The van der Waals surface area contributed by atoms with E-state index in [9.17, 15) is 4.79 Å². The lowest BCUT2D eigenvalue weighted by Gasteiger charge is -2.07. The fraction of sp³-hybridized carbons (Fsp3) is 0.278. The van der Waals surface area contributed by atoms with E-state index in [0.29, 0.717) is 6.42 Å². The van der Waals surface area contributed by atoms with E-state index >= 15 is 0 Å². The van der Waals surface area contributed by atoms with Crippen LogP contribution in [0, 0.1) is 13.8 Å². The maximum absolute atomic E-state index is 12.0. The first kappa shape index (κ1) is 14.3. The van der Waals surface area contributed by atoms with E-state index < -0.39 is 0 Å². The normalized spacial score (nSPS) is 10.3. The molecular weight excluding hydrogens is 246 g/mol. The number of benzene rings is 2. The largest absolute Gasteiger partial charge is 0.326 e. The first-order chi connectivity index (χ1) is 9.58. The third kappa shape index (κ3) is 3.70. The fourth-order valence-corrected chi connectivity index (χ4v) is 2.13. The molecule has 0 aromatic heterocycles. The minimum atomic E-state index is 0.0255. The van der Waals surface area contributed by atoms with Gasteiger partial charge < -0.3 is 5.32 Å². The summed E-state index contributed by atoms with van der Waals surface area (Å²) < 4.78 is 0. The Balaban J connectivity index is 1.99. The molecule has 0 atom stereocenters. The van der Waals surface area contributed by atoms with Crippen molar-refractivity contribution in [2.24, 2.45) is 0 Å². The first-order valence-electron chi connectivity index (χ1n) is 7.03. The van der Waals surface area contributed by atoms with Gasteiger partial charge >= 0.3 is 0 Å². The third-order valence-corrected chi connectivity index (χ3v) is 3.58. The molecule has 0 spiro atoms. The van der Waals surface area contributed by atoms with Gasteiger partial charge in [-0.2, -0.15) is 0 Å². The molecule has 104 valence electrons. The Bertz CT molecular complexity index is 599. The average molecular weight is 267 g/mol. The Morgan fingerprint density at radius 3 is 2.20 bits per heavy atom. The lowest BCUT2D eigenvalue weighted by Crippen LogP contribution is -2.14. The predicted octanol–water partition coefficient (Wildman–Crippen LogP) is 4.05. The second-order valence-electron chi connectivity index (χ2n) is 5.19. The van der Waals surface area contributed by atoms with Crippen LogP contribution in [0.2, 0.25) is 0 Å². The van der Waals surface area contributed by atoms with E-state index in [-0.39, 0.29) is 5.91 Å². The third-order valence-electron chi connectivity index (χ3n) is 3.58. The predicted molar refractivity (Wildman–Crippen MR) is 84.1 cm³/mol. The molecule has 2 rings (SSSR count). The van der Waals surface area contributed by atoms with Gasteiger partial charge in [-0.05, 0) is 54.7 Å². The second kappa shape index (κ2) is 6.38. The molecule has 1 N–H and O–H groups in total. The lowest BCUT2D eigenvalue weighted by atomic mass is 10.0. The topological polar surface area (TPSA) is 29.1 Å². The van der Waals surface area contributed by atoms with Crippen LogP contribution in [0.4, 0.5) is 5.69 Å². The van der Waals surface area contributed by atoms with E-state index in [1.807, 2.05) is 30.3 Å². The number of carbonyl (C=O) groups excluding carboxylic acids is 1. The molecule has 0 aliphatic rings. The van der Waals surface area contributed by atoms with Gasteiger partial charge in [0.15, 0.2) is 0 Å². The van der Waals surface area contributed by atoms with Crippen LogP contribution in [0.15, 0.2) is 42.5 Å². The molecule has 0 aliphatic heterocycles. The van der Waals surface area contributed by atoms with Gasteiger partial charge in [-0.3, -0.25) is 4.79 Å². The van der Waals surface area contributed by atoms with Crippen LogP contribution >= 0.6 is 0 Å². The maximum atomic E-state index is 12.0. The minimum absolute atomic E-state index is 0.0255. The van der Waals surface area contributed by atoms with E-state index in [1.54, 1.807) is 0 Å². The van der Waals surface area contributed by atoms with Crippen LogP contribution in [0.1, 0.15) is 29.2 Å². The monoisotopic (exact) mass is 267 g/mol. The SMILES string of the molecule is CCc1ccc(NC(=O)Cc2ccc(C)c(C)c2)cc1. The van der Waals surface area contributed by atoms with Crippen molar-refractivity contribution in [3.05, 3.63) is 64.7 Å². The summed E-state index contributed by atoms with van der Waals surface area (Å²) >= 11 is 0. The molecule has 0 saturated heterocycles. The number of hydrogen-bond acceptors (Lipinski definition) is 1. The van der Waals surface area contributed by atoms with Crippen LogP contribution in [0.3, 0.4) is 0 Å². The molecule has 20 heavy (non-hydrogen) atoms. The van der Waals surface area contributed by atoms with Crippen LogP contribution in [-0.4, -0.2) is 5.91 Å². The molecule has 0 bridgehead atoms. The summed E-state index contributed by atoms with van der Waals surface area (Å²) in [6.07, 6.45) is 1.42. The zero-order chi connectivity index (χ0) is 14.5. The molecule has 0 fully saturated rings. The van der Waals surface area contributed by atoms with Crippen LogP contribution < -0.4 is 5.32 Å². The van der Waals surface area contributed by atoms with Crippen molar-refractivity contribution in [2.75, 3.05) is 5.32 Å². The quantitative estimate of drug-likeness (QED) is 0.889. The van der Waals surface area contributed by atoms with Crippen molar-refractivity contribution in [3.63, 3.8) is 0 Å². The van der Waals surface area contributed by atoms with Crippen LogP contribution in [0.5, 0.6) is 0 Å². The molecule has 0 saturated carbocycles. The number of rotatable bonds is 4. The van der Waals surface area contributed by atoms with Crippen LogP contribution in [0.25, 0.3) is 0 Å². The Kier molecular flexibility index (Phi) is 4.57. The van der Waals surface area contributed by atoms with Crippen molar-refractivity contribution in [1.29, 1.82) is 0 Å². The van der Waals surface area contributed by atoms with Gasteiger partial charge in [0.05, 0.1) is 6.42 Å². The summed E-state index contributed by atoms with van der Waals surface area (Å²) in [6, 6.07) is 14.2. The van der Waals surface area contributed by atoms with Gasteiger partial charge in [0.25, 0.3) is 0 Å². The van der Waals surface area contributed by atoms with E-state index in [2.05, 4.69) is 38.2 Å². The highest BCUT2D eigenvalue weighted by Gasteiger charge is 2.05. The zero-order valence-electron chi connectivity index (χ0n) is 12.4. The standard InChI is InChI=1S/C18H21NO/c1-4-15-7-9-17(10-8-15)19-18(20)12-16-6-5-13(2)14(3)11-16/h5-11H,4,12H2,1-3H3,(H,19,20). The summed E-state index contributed by atoms with van der Waals surface area (Å²) in [5, 5.41) is 2.94. The maximum Gasteiger partial charge on any atom is 0.228 e. The molecule has 2 aromatic rings. The van der Waals surface area contributed by atoms with Gasteiger partial charge in [0.2, 0.25) is 5.91 Å². The number of carbonyl (C=O) groups is 1. The summed E-state index contributed by atoms with van der Waals surface area (Å²) in [5.41, 5.74) is 5.66. The summed E-state index contributed by atoms with van der Waals surface area (Å²) in [5.74, 6) is 0.0255. The lowest BCUT2D eigenvalue weighted by molar-refractivity contribution is -0.115. The van der Waals surface area contributed by atoms with E-state index in [0.717, 1.165) is 17.7 Å². The van der Waals surface area contributed by atoms with Crippen molar-refractivity contribution in [3.8, 4) is 0 Å². The summed E-state index contributed by atoms with van der Waals surface area (Å²) in [4.78, 5) is 12.0. The number of amides is 1. The molecular formula is C18H21NO. The van der Waals surface area contributed by atoms with Crippen molar-refractivity contribution < 1.29 is 4.79 Å². The van der Waals surface area contributed by atoms with Gasteiger partial charge in [0, 0.05) is 5.69 Å². The minimum Gasteiger partial charge on any atom is -0.326 e. The molecule has 0 radical (unpaired) electrons. The highest BCUT2D eigenvalue weighted by atomic mass is 16.1. The molecule has 0 unspecified atom stereocenters. The number of hydrogen-bond donors (Lipinski definition) is 1. The summed E-state index contributed by atoms with van der Waals surface area (Å²) in [6.45, 7) is 6.27. The summed E-state index contributed by atoms with van der Waals surface area (Å²) in [7, 11) is 0. The molecule has 1 amide bonds. The Labute approximate surface area is 120 Å². The number of aryl methyl sites for hydroxylation is 3. The van der Waals surface area contributed by atoms with E-state index in [4.69, 9.17) is 0 Å². The molecule has 0 aliphatic carbocycles. The zero-order valence-corrected chi connectivity index (χ0v) is 12.4. The van der Waals surface area contributed by atoms with Gasteiger partial charge in [-0.15, -0.1) is 0 Å². The highest BCUT2D eigenvalue weighted by Crippen LogP contribution is 2.13. The van der Waals surface area contributed by atoms with Crippen molar-refractivity contribution >= 4 is 11.6 Å². The number of nitrogens with one attached hydrogen (secondary N) is 1. The molecule has 2 heteroatoms. The van der Waals surface area contributed by atoms with E-state index in [1.165, 1.54) is 16.7 Å². The van der Waals surface area contributed by atoms with Gasteiger partial charge in [-0.1, -0.05) is 37.3 Å². The average Bonchev–Trinajstić information content (AvgIpc) is 2.44. The first-order valence-corrected chi connectivity index (χ1v) is 7.03. The van der Waals surface area contributed by atoms with Crippen LogP contribution in [-0.2, 0) is 17.6 Å². The highest BCUT2D eigenvalue weighted by molar-refractivity contribution is 5.92. The second-order valence-corrected chi connectivity index (χ2v) is 5.19. The molecule has 2 aromatic carbocycles. The molecule has 0 heterocycles. The Morgan fingerprint density at radius 2 is 1.60 bits per heavy atom. The fourth-order valence-electron chi connectivity index (χ4n) is 2.13. The van der Waals surface area contributed by atoms with Gasteiger partial charge in [0.1, 0.15) is 0 Å². The van der Waals surface area contributed by atoms with Crippen molar-refractivity contribution in [1.82, 2.24) is 0 Å². The molecule has 2 nitrogen and oxygen atoms in total.